The van der Waals surface area contributed by atoms with E-state index in [2.05, 4.69) is 16.1 Å². The Balaban J connectivity index is 2.48. The van der Waals surface area contributed by atoms with Crippen LogP contribution in [-0.4, -0.2) is 60.5 Å². The molecule has 0 bridgehead atoms. The van der Waals surface area contributed by atoms with Gasteiger partial charge in [0.05, 0.1) is 18.8 Å². The van der Waals surface area contributed by atoms with Crippen molar-refractivity contribution < 1.29 is 46.1 Å². The van der Waals surface area contributed by atoms with Crippen LogP contribution in [0.4, 0.5) is 22.0 Å². The van der Waals surface area contributed by atoms with Crippen LogP contribution in [0.3, 0.4) is 0 Å². The number of ether oxygens (including phenoxy) is 3. The van der Waals surface area contributed by atoms with Crippen LogP contribution in [0.25, 0.3) is 0 Å². The van der Waals surface area contributed by atoms with Gasteiger partial charge in [-0.2, -0.15) is 22.0 Å². The molecule has 24 heavy (non-hydrogen) atoms. The van der Waals surface area contributed by atoms with Crippen LogP contribution in [0.5, 0.6) is 0 Å². The molecule has 0 saturated carbocycles. The quantitative estimate of drug-likeness (QED) is 0.416. The van der Waals surface area contributed by atoms with E-state index in [1.54, 1.807) is 0 Å². The van der Waals surface area contributed by atoms with Gasteiger partial charge in [0.15, 0.2) is 0 Å². The lowest BCUT2D eigenvalue weighted by Gasteiger charge is -2.37. The first-order valence-electron chi connectivity index (χ1n) is 6.73. The summed E-state index contributed by atoms with van der Waals surface area (Å²) < 4.78 is 77.6. The predicted octanol–water partition coefficient (Wildman–Crippen LogP) is 2.49. The van der Waals surface area contributed by atoms with Gasteiger partial charge in [-0.15, -0.1) is 0 Å². The molecule has 5 nitrogen and oxygen atoms in total. The van der Waals surface area contributed by atoms with Gasteiger partial charge >= 0.3 is 17.4 Å². The number of carbonyl (C=O) groups excluding carboxylic acids is 1. The summed E-state index contributed by atoms with van der Waals surface area (Å²) in [5, 5.41) is 6.29. The van der Waals surface area contributed by atoms with Gasteiger partial charge in [0.2, 0.25) is 0 Å². The second-order valence-electron chi connectivity index (χ2n) is 5.09. The van der Waals surface area contributed by atoms with Crippen molar-refractivity contribution in [1.29, 1.82) is 0 Å². The normalized spacial score (nSPS) is 25.4. The van der Waals surface area contributed by atoms with Gasteiger partial charge < -0.3 is 19.3 Å². The average molecular weight is 380 g/mol. The largest absolute Gasteiger partial charge is 0.459 e. The van der Waals surface area contributed by atoms with Crippen molar-refractivity contribution in [3.05, 3.63) is 12.2 Å². The standard InChI is InChI=1S/C13H17F5O5S/c1-8(6-21-7-12(14,15)24-2)10(19)23-9-3-4-22-11(20,5-9)13(16,17)18/h9,20H,1,3-7H2,2H3. The molecule has 2 atom stereocenters. The van der Waals surface area contributed by atoms with Gasteiger partial charge in [-0.25, -0.2) is 4.79 Å². The topological polar surface area (TPSA) is 65.0 Å². The number of esters is 1. The zero-order valence-electron chi connectivity index (χ0n) is 12.7. The summed E-state index contributed by atoms with van der Waals surface area (Å²) in [7, 11) is 0. The Bertz CT molecular complexity index is 470. The number of hydrogen-bond acceptors (Lipinski definition) is 6. The molecule has 1 aliphatic rings. The highest BCUT2D eigenvalue weighted by molar-refractivity contribution is 7.99. The molecule has 0 spiro atoms. The average Bonchev–Trinajstić information content (AvgIpc) is 2.46. The summed E-state index contributed by atoms with van der Waals surface area (Å²) >= 11 is 0.265. The smallest absolute Gasteiger partial charge is 0.443 e. The first-order valence-corrected chi connectivity index (χ1v) is 7.95. The second kappa shape index (κ2) is 7.98. The minimum absolute atomic E-state index is 0.0528. The zero-order chi connectivity index (χ0) is 18.6. The van der Waals surface area contributed by atoms with Gasteiger partial charge in [-0.3, -0.25) is 0 Å². The van der Waals surface area contributed by atoms with Crippen LogP contribution in [0.2, 0.25) is 0 Å². The Hall–Kier alpha value is -0.910. The van der Waals surface area contributed by atoms with Gasteiger partial charge in [0, 0.05) is 12.8 Å². The van der Waals surface area contributed by atoms with Crippen LogP contribution in [0.1, 0.15) is 12.8 Å². The summed E-state index contributed by atoms with van der Waals surface area (Å²) in [5.41, 5.74) is -0.325. The molecule has 1 aliphatic heterocycles. The maximum Gasteiger partial charge on any atom is 0.443 e. The molecule has 0 aromatic heterocycles. The number of carbonyl (C=O) groups is 1. The van der Waals surface area contributed by atoms with Crippen molar-refractivity contribution in [2.24, 2.45) is 0 Å². The summed E-state index contributed by atoms with van der Waals surface area (Å²) in [4.78, 5) is 11.7. The van der Waals surface area contributed by atoms with Crippen LogP contribution >= 0.6 is 11.8 Å². The van der Waals surface area contributed by atoms with E-state index in [4.69, 9.17) is 4.74 Å². The van der Waals surface area contributed by atoms with Gasteiger partial charge in [-0.1, -0.05) is 18.3 Å². The fraction of sp³-hybridized carbons (Fsp3) is 0.769. The molecule has 0 radical (unpaired) electrons. The number of aliphatic hydroxyl groups is 1. The monoisotopic (exact) mass is 380 g/mol. The van der Waals surface area contributed by atoms with E-state index in [0.717, 1.165) is 0 Å². The molecule has 11 heteroatoms. The molecule has 1 rings (SSSR count). The minimum Gasteiger partial charge on any atom is -0.459 e. The van der Waals surface area contributed by atoms with Crippen LogP contribution in [0.15, 0.2) is 12.2 Å². The van der Waals surface area contributed by atoms with E-state index in [-0.39, 0.29) is 23.8 Å². The minimum atomic E-state index is -5.04. The molecule has 140 valence electrons. The van der Waals surface area contributed by atoms with E-state index in [1.807, 2.05) is 0 Å². The van der Waals surface area contributed by atoms with Crippen LogP contribution in [0, 0.1) is 0 Å². The summed E-state index contributed by atoms with van der Waals surface area (Å²) in [6.45, 7) is 1.32. The van der Waals surface area contributed by atoms with Gasteiger partial charge in [0.1, 0.15) is 12.7 Å². The van der Waals surface area contributed by atoms with Crippen molar-refractivity contribution >= 4 is 17.7 Å². The number of halogens is 5. The predicted molar refractivity (Wildman–Crippen MR) is 74.5 cm³/mol. The molecule has 0 aromatic carbocycles. The summed E-state index contributed by atoms with van der Waals surface area (Å²) in [5.74, 6) is -4.48. The highest BCUT2D eigenvalue weighted by Gasteiger charge is 2.58. The highest BCUT2D eigenvalue weighted by atomic mass is 32.2. The zero-order valence-corrected chi connectivity index (χ0v) is 13.5. The highest BCUT2D eigenvalue weighted by Crippen LogP contribution is 2.39. The lowest BCUT2D eigenvalue weighted by atomic mass is 10.0. The Morgan fingerprint density at radius 1 is 1.42 bits per heavy atom. The third-order valence-electron chi connectivity index (χ3n) is 3.14. The molecule has 0 aromatic rings. The Morgan fingerprint density at radius 3 is 2.58 bits per heavy atom. The van der Waals surface area contributed by atoms with Crippen LogP contribution < -0.4 is 0 Å². The molecular weight excluding hydrogens is 363 g/mol. The second-order valence-corrected chi connectivity index (χ2v) is 6.09. The number of rotatable bonds is 7. The van der Waals surface area contributed by atoms with E-state index in [9.17, 15) is 31.9 Å². The van der Waals surface area contributed by atoms with Crippen molar-refractivity contribution in [3.63, 3.8) is 0 Å². The maximum absolute atomic E-state index is 12.9. The van der Waals surface area contributed by atoms with Crippen molar-refractivity contribution in [3.8, 4) is 0 Å². The van der Waals surface area contributed by atoms with E-state index in [0.29, 0.717) is 0 Å². The fourth-order valence-corrected chi connectivity index (χ4v) is 1.97. The number of thioether (sulfide) groups is 1. The van der Waals surface area contributed by atoms with Crippen molar-refractivity contribution in [2.75, 3.05) is 26.1 Å². The molecule has 0 amide bonds. The number of alkyl halides is 5. The third-order valence-corrected chi connectivity index (χ3v) is 3.85. The molecular formula is C13H17F5O5S. The number of hydrogen-bond donors (Lipinski definition) is 1. The van der Waals surface area contributed by atoms with Crippen molar-refractivity contribution in [2.45, 2.75) is 36.2 Å². The molecule has 0 aliphatic carbocycles. The summed E-state index contributed by atoms with van der Waals surface area (Å²) in [6.07, 6.45) is -6.15. The lowest BCUT2D eigenvalue weighted by Crippen LogP contribution is -2.53. The maximum atomic E-state index is 12.9. The molecule has 1 saturated heterocycles. The van der Waals surface area contributed by atoms with Crippen LogP contribution in [-0.2, 0) is 19.0 Å². The molecule has 1 heterocycles. The van der Waals surface area contributed by atoms with Gasteiger partial charge in [-0.05, 0) is 6.26 Å². The van der Waals surface area contributed by atoms with E-state index in [1.165, 1.54) is 6.26 Å². The Kier molecular flexibility index (Phi) is 7.03. The molecule has 1 fully saturated rings. The Labute approximate surface area is 139 Å². The fourth-order valence-electron chi connectivity index (χ4n) is 1.77. The van der Waals surface area contributed by atoms with E-state index < -0.39 is 55.5 Å². The van der Waals surface area contributed by atoms with Gasteiger partial charge in [0.25, 0.3) is 5.79 Å². The Morgan fingerprint density at radius 2 is 2.04 bits per heavy atom. The molecule has 2 unspecified atom stereocenters. The lowest BCUT2D eigenvalue weighted by molar-refractivity contribution is -0.383. The summed E-state index contributed by atoms with van der Waals surface area (Å²) in [6, 6.07) is 0. The van der Waals surface area contributed by atoms with Crippen molar-refractivity contribution in [1.82, 2.24) is 0 Å². The first kappa shape index (κ1) is 21.1. The third kappa shape index (κ3) is 5.87. The SMILES string of the molecule is C=C(COCC(F)(F)SC)C(=O)OC1CCOC(O)(C(F)(F)F)C1. The molecule has 1 N–H and O–H groups in total. The first-order chi connectivity index (χ1) is 10.9. The van der Waals surface area contributed by atoms with E-state index >= 15 is 0 Å².